The van der Waals surface area contributed by atoms with E-state index < -0.39 is 0 Å². The number of hydrogen-bond acceptors (Lipinski definition) is 6. The van der Waals surface area contributed by atoms with Gasteiger partial charge in [-0.1, -0.05) is 0 Å². The molecule has 0 aromatic carbocycles. The van der Waals surface area contributed by atoms with Gasteiger partial charge in [-0.2, -0.15) is 5.10 Å². The topological polar surface area (TPSA) is 102 Å². The number of nitrogens with one attached hydrogen (secondary N) is 1. The maximum Gasteiger partial charge on any atom is 0.222 e. The van der Waals surface area contributed by atoms with Crippen molar-refractivity contribution in [3.63, 3.8) is 0 Å². The van der Waals surface area contributed by atoms with Crippen LogP contribution < -0.4 is 10.1 Å². The van der Waals surface area contributed by atoms with Gasteiger partial charge in [-0.05, 0) is 30.4 Å². The van der Waals surface area contributed by atoms with Gasteiger partial charge in [0, 0.05) is 12.6 Å². The van der Waals surface area contributed by atoms with Gasteiger partial charge >= 0.3 is 0 Å². The van der Waals surface area contributed by atoms with Crippen molar-refractivity contribution in [3.05, 3.63) is 36.7 Å². The highest BCUT2D eigenvalue weighted by Crippen LogP contribution is 2.38. The molecule has 0 spiro atoms. The van der Waals surface area contributed by atoms with E-state index in [1.165, 1.54) is 6.33 Å². The summed E-state index contributed by atoms with van der Waals surface area (Å²) in [5, 5.41) is 16.7. The summed E-state index contributed by atoms with van der Waals surface area (Å²) in [6.45, 7) is 0.474. The monoisotopic (exact) mass is 331 g/mol. The fraction of sp³-hybridized carbons (Fsp3) is 0.500. The molecule has 0 bridgehead atoms. The summed E-state index contributed by atoms with van der Waals surface area (Å²) >= 11 is 0. The van der Waals surface area contributed by atoms with Gasteiger partial charge in [0.25, 0.3) is 0 Å². The Morgan fingerprint density at radius 2 is 2.29 bits per heavy atom. The number of aromatic nitrogens is 4. The van der Waals surface area contributed by atoms with Crippen LogP contribution in [0.3, 0.4) is 0 Å². The Balaban J connectivity index is 1.66. The van der Waals surface area contributed by atoms with Crippen LogP contribution in [0, 0.1) is 5.92 Å². The zero-order valence-corrected chi connectivity index (χ0v) is 13.5. The molecule has 2 N–H and O–H groups in total. The van der Waals surface area contributed by atoms with Crippen LogP contribution >= 0.6 is 0 Å². The summed E-state index contributed by atoms with van der Waals surface area (Å²) in [6, 6.07) is 1.69. The lowest BCUT2D eigenvalue weighted by atomic mass is 9.75. The van der Waals surface area contributed by atoms with Crippen molar-refractivity contribution in [3.8, 4) is 5.75 Å². The maximum atomic E-state index is 12.3. The first-order chi connectivity index (χ1) is 11.7. The molecule has 128 valence electrons. The molecule has 0 aliphatic heterocycles. The molecule has 2 heterocycles. The summed E-state index contributed by atoms with van der Waals surface area (Å²) in [5.74, 6) is 0.776. The van der Waals surface area contributed by atoms with E-state index >= 15 is 0 Å². The highest BCUT2D eigenvalue weighted by Gasteiger charge is 2.35. The Hall–Kier alpha value is -2.48. The van der Waals surface area contributed by atoms with Crippen LogP contribution in [-0.2, 0) is 11.3 Å². The summed E-state index contributed by atoms with van der Waals surface area (Å²) in [6.07, 6.45) is 7.75. The minimum atomic E-state index is -0.289. The minimum absolute atomic E-state index is 0.0697. The number of aliphatic hydroxyl groups excluding tert-OH is 1. The van der Waals surface area contributed by atoms with E-state index in [0.717, 1.165) is 5.56 Å². The number of methoxy groups -OCH3 is 1. The molecular formula is C16H21N5O3. The quantitative estimate of drug-likeness (QED) is 0.774. The van der Waals surface area contributed by atoms with Crippen LogP contribution in [0.1, 0.15) is 30.9 Å². The summed E-state index contributed by atoms with van der Waals surface area (Å²) in [4.78, 5) is 20.3. The van der Waals surface area contributed by atoms with Crippen molar-refractivity contribution in [1.82, 2.24) is 25.1 Å². The van der Waals surface area contributed by atoms with Gasteiger partial charge in [-0.25, -0.2) is 4.98 Å². The van der Waals surface area contributed by atoms with Crippen LogP contribution in [0.15, 0.2) is 31.1 Å². The lowest BCUT2D eigenvalue weighted by Crippen LogP contribution is -2.41. The molecule has 0 unspecified atom stereocenters. The first-order valence-corrected chi connectivity index (χ1v) is 7.94. The van der Waals surface area contributed by atoms with E-state index in [1.807, 2.05) is 6.07 Å². The second kappa shape index (κ2) is 7.39. The second-order valence-corrected chi connectivity index (χ2v) is 6.00. The molecule has 2 aromatic heterocycles. The van der Waals surface area contributed by atoms with Crippen LogP contribution in [0.25, 0.3) is 0 Å². The van der Waals surface area contributed by atoms with Gasteiger partial charge in [0.15, 0.2) is 0 Å². The first-order valence-electron chi connectivity index (χ1n) is 7.94. The summed E-state index contributed by atoms with van der Waals surface area (Å²) in [5.41, 5.74) is 0.889. The predicted octanol–water partition coefficient (Wildman–Crippen LogP) is 0.700. The van der Waals surface area contributed by atoms with Crippen molar-refractivity contribution in [2.45, 2.75) is 38.0 Å². The lowest BCUT2D eigenvalue weighted by Gasteiger charge is -2.38. The van der Waals surface area contributed by atoms with Crippen molar-refractivity contribution in [2.24, 2.45) is 5.92 Å². The number of ether oxygens (including phenoxy) is 1. The second-order valence-electron chi connectivity index (χ2n) is 6.00. The fourth-order valence-corrected chi connectivity index (χ4v) is 2.90. The molecule has 0 saturated heterocycles. The highest BCUT2D eigenvalue weighted by atomic mass is 16.5. The van der Waals surface area contributed by atoms with Gasteiger partial charge in [-0.15, -0.1) is 0 Å². The number of aliphatic hydroxyl groups is 1. The molecule has 2 aromatic rings. The number of aryl methyl sites for hydroxylation is 1. The van der Waals surface area contributed by atoms with E-state index in [2.05, 4.69) is 20.4 Å². The fourth-order valence-electron chi connectivity index (χ4n) is 2.90. The standard InChI is InChI=1S/C16H21N5O3/c1-24-14-6-12(7-17-8-14)16(11-4-13(22)5-11)20-15(23)2-3-21-10-18-9-19-21/h6-11,13,16,22H,2-5H2,1H3,(H,20,23)/t11?,13?,16-/m1/s1. The smallest absolute Gasteiger partial charge is 0.222 e. The Kier molecular flexibility index (Phi) is 5.05. The lowest BCUT2D eigenvalue weighted by molar-refractivity contribution is -0.123. The third-order valence-corrected chi connectivity index (χ3v) is 4.30. The molecule has 1 aliphatic rings. The van der Waals surface area contributed by atoms with Crippen LogP contribution in [0.4, 0.5) is 0 Å². The largest absolute Gasteiger partial charge is 0.495 e. The van der Waals surface area contributed by atoms with Crippen molar-refractivity contribution >= 4 is 5.91 Å². The molecule has 1 aliphatic carbocycles. The summed E-state index contributed by atoms with van der Waals surface area (Å²) < 4.78 is 6.84. The Labute approximate surface area is 139 Å². The van der Waals surface area contributed by atoms with Gasteiger partial charge in [-0.3, -0.25) is 14.5 Å². The highest BCUT2D eigenvalue weighted by molar-refractivity contribution is 5.76. The van der Waals surface area contributed by atoms with Gasteiger partial charge in [0.1, 0.15) is 18.4 Å². The number of nitrogens with zero attached hydrogens (tertiary/aromatic N) is 4. The first kappa shape index (κ1) is 16.4. The average molecular weight is 331 g/mol. The molecule has 1 atom stereocenters. The third kappa shape index (κ3) is 3.88. The van der Waals surface area contributed by atoms with E-state index in [4.69, 9.17) is 4.74 Å². The van der Waals surface area contributed by atoms with Crippen LogP contribution in [0.5, 0.6) is 5.75 Å². The van der Waals surface area contributed by atoms with E-state index in [9.17, 15) is 9.90 Å². The van der Waals surface area contributed by atoms with Gasteiger partial charge in [0.05, 0.1) is 32.0 Å². The van der Waals surface area contributed by atoms with Crippen molar-refractivity contribution in [2.75, 3.05) is 7.11 Å². The van der Waals surface area contributed by atoms with E-state index in [0.29, 0.717) is 31.6 Å². The number of pyridine rings is 1. The molecule has 8 nitrogen and oxygen atoms in total. The number of rotatable bonds is 7. The van der Waals surface area contributed by atoms with Gasteiger partial charge in [0.2, 0.25) is 5.91 Å². The predicted molar refractivity (Wildman–Crippen MR) is 85.0 cm³/mol. The Bertz CT molecular complexity index is 670. The number of amides is 1. The van der Waals surface area contributed by atoms with Gasteiger partial charge < -0.3 is 15.2 Å². The average Bonchev–Trinajstić information content (AvgIpc) is 3.09. The molecule has 1 saturated carbocycles. The van der Waals surface area contributed by atoms with Crippen LogP contribution in [0.2, 0.25) is 0 Å². The Morgan fingerprint density at radius 1 is 1.46 bits per heavy atom. The maximum absolute atomic E-state index is 12.3. The van der Waals surface area contributed by atoms with Crippen LogP contribution in [-0.4, -0.2) is 44.0 Å². The molecule has 24 heavy (non-hydrogen) atoms. The molecular weight excluding hydrogens is 310 g/mol. The molecule has 1 fully saturated rings. The number of carbonyl (C=O) groups excluding carboxylic acids is 1. The molecule has 8 heteroatoms. The normalized spacial score (nSPS) is 20.9. The van der Waals surface area contributed by atoms with E-state index in [1.54, 1.807) is 30.5 Å². The Morgan fingerprint density at radius 3 is 2.96 bits per heavy atom. The molecule has 3 rings (SSSR count). The SMILES string of the molecule is COc1cncc([C@H](NC(=O)CCn2cncn2)C2CC(O)C2)c1. The zero-order chi connectivity index (χ0) is 16.9. The number of hydrogen-bond donors (Lipinski definition) is 2. The molecule has 0 radical (unpaired) electrons. The van der Waals surface area contributed by atoms with Crippen molar-refractivity contribution < 1.29 is 14.6 Å². The minimum Gasteiger partial charge on any atom is -0.495 e. The summed E-state index contributed by atoms with van der Waals surface area (Å²) in [7, 11) is 1.58. The number of carbonyl (C=O) groups is 1. The zero-order valence-electron chi connectivity index (χ0n) is 13.5. The molecule has 1 amide bonds. The van der Waals surface area contributed by atoms with E-state index in [-0.39, 0.29) is 24.0 Å². The third-order valence-electron chi connectivity index (χ3n) is 4.30. The van der Waals surface area contributed by atoms with Crippen molar-refractivity contribution in [1.29, 1.82) is 0 Å².